The molecule has 2 aromatic rings. The molecule has 0 saturated heterocycles. The Morgan fingerprint density at radius 3 is 2.92 bits per heavy atom. The van der Waals surface area contributed by atoms with E-state index in [0.717, 1.165) is 16.9 Å². The number of anilines is 1. The summed E-state index contributed by atoms with van der Waals surface area (Å²) in [6, 6.07) is 5.82. The minimum absolute atomic E-state index is 0.0261. The number of hydrogen-bond acceptors (Lipinski definition) is 4. The second-order valence-corrected chi connectivity index (χ2v) is 6.19. The van der Waals surface area contributed by atoms with Crippen LogP contribution in [0.2, 0.25) is 0 Å². The molecule has 130 valence electrons. The number of rotatable bonds is 5. The van der Waals surface area contributed by atoms with Crippen molar-refractivity contribution in [1.82, 2.24) is 9.78 Å². The van der Waals surface area contributed by atoms with Crippen molar-refractivity contribution >= 4 is 11.7 Å². The van der Waals surface area contributed by atoms with Crippen LogP contribution in [0.25, 0.3) is 0 Å². The molecule has 1 aromatic heterocycles. The summed E-state index contributed by atoms with van der Waals surface area (Å²) in [5, 5.41) is 7.37. The highest BCUT2D eigenvalue weighted by Crippen LogP contribution is 2.40. The molecule has 0 fully saturated rings. The lowest BCUT2D eigenvalue weighted by atomic mass is 9.87. The Bertz CT molecular complexity index is 833. The maximum atomic E-state index is 12.2. The van der Waals surface area contributed by atoms with Gasteiger partial charge >= 0.3 is 0 Å². The molecule has 0 saturated carbocycles. The summed E-state index contributed by atoms with van der Waals surface area (Å²) in [4.78, 5) is 12.2. The van der Waals surface area contributed by atoms with Gasteiger partial charge in [-0.15, -0.1) is 6.42 Å². The first-order valence-corrected chi connectivity index (χ1v) is 8.16. The smallest absolute Gasteiger partial charge is 0.226 e. The van der Waals surface area contributed by atoms with Crippen molar-refractivity contribution in [2.24, 2.45) is 0 Å². The van der Waals surface area contributed by atoms with Gasteiger partial charge in [-0.05, 0) is 31.5 Å². The van der Waals surface area contributed by atoms with Crippen molar-refractivity contribution in [2.75, 3.05) is 19.0 Å². The third-order valence-electron chi connectivity index (χ3n) is 4.24. The van der Waals surface area contributed by atoms with E-state index < -0.39 is 0 Å². The van der Waals surface area contributed by atoms with Gasteiger partial charge in [-0.1, -0.05) is 12.0 Å². The predicted molar refractivity (Wildman–Crippen MR) is 95.0 cm³/mol. The van der Waals surface area contributed by atoms with Crippen LogP contribution in [0.5, 0.6) is 11.5 Å². The van der Waals surface area contributed by atoms with E-state index in [1.54, 1.807) is 7.11 Å². The lowest BCUT2D eigenvalue weighted by Gasteiger charge is -2.25. The molecule has 6 heteroatoms. The highest BCUT2D eigenvalue weighted by atomic mass is 16.5. The molecule has 0 radical (unpaired) electrons. The van der Waals surface area contributed by atoms with Gasteiger partial charge in [0.1, 0.15) is 12.4 Å². The zero-order valence-electron chi connectivity index (χ0n) is 14.6. The monoisotopic (exact) mass is 339 g/mol. The molecular weight excluding hydrogens is 318 g/mol. The molecule has 25 heavy (non-hydrogen) atoms. The average Bonchev–Trinajstić information content (AvgIpc) is 3.02. The van der Waals surface area contributed by atoms with Crippen molar-refractivity contribution in [3.05, 3.63) is 35.5 Å². The van der Waals surface area contributed by atoms with Gasteiger partial charge in [-0.25, -0.2) is 4.68 Å². The highest BCUT2D eigenvalue weighted by molar-refractivity contribution is 5.94. The maximum absolute atomic E-state index is 12.2. The van der Waals surface area contributed by atoms with E-state index in [-0.39, 0.29) is 24.5 Å². The number of hydrogen-bond donors (Lipinski definition) is 1. The van der Waals surface area contributed by atoms with Gasteiger partial charge in [0, 0.05) is 23.9 Å². The summed E-state index contributed by atoms with van der Waals surface area (Å²) >= 11 is 0. The number of nitrogens with one attached hydrogen (secondary N) is 1. The van der Waals surface area contributed by atoms with Crippen LogP contribution in [0.3, 0.4) is 0 Å². The van der Waals surface area contributed by atoms with Crippen molar-refractivity contribution in [3.63, 3.8) is 0 Å². The SMILES string of the molecule is C#CCOc1cc([C@H]2CC(=O)Nc3c2cnn3C(C)C)ccc1OC. The van der Waals surface area contributed by atoms with Gasteiger partial charge < -0.3 is 14.8 Å². The van der Waals surface area contributed by atoms with E-state index in [9.17, 15) is 4.79 Å². The van der Waals surface area contributed by atoms with Crippen molar-refractivity contribution in [2.45, 2.75) is 32.2 Å². The Hall–Kier alpha value is -2.94. The first kappa shape index (κ1) is 16.9. The molecule has 2 heterocycles. The van der Waals surface area contributed by atoms with Gasteiger partial charge in [0.2, 0.25) is 5.91 Å². The molecule has 0 spiro atoms. The molecule has 0 aliphatic carbocycles. The average molecular weight is 339 g/mol. The summed E-state index contributed by atoms with van der Waals surface area (Å²) < 4.78 is 12.7. The molecule has 1 aliphatic rings. The van der Waals surface area contributed by atoms with Crippen LogP contribution in [-0.2, 0) is 4.79 Å². The second kappa shape index (κ2) is 6.89. The summed E-state index contributed by atoms with van der Waals surface area (Å²) in [7, 11) is 1.58. The lowest BCUT2D eigenvalue weighted by Crippen LogP contribution is -2.25. The van der Waals surface area contributed by atoms with Crippen molar-refractivity contribution in [3.8, 4) is 23.8 Å². The quantitative estimate of drug-likeness (QED) is 0.851. The molecule has 1 amide bonds. The Labute approximate surface area is 147 Å². The Morgan fingerprint density at radius 2 is 2.24 bits per heavy atom. The van der Waals surface area contributed by atoms with Crippen LogP contribution < -0.4 is 14.8 Å². The Morgan fingerprint density at radius 1 is 1.44 bits per heavy atom. The summed E-state index contributed by atoms with van der Waals surface area (Å²) in [6.45, 7) is 4.21. The summed E-state index contributed by atoms with van der Waals surface area (Å²) in [6.07, 6.45) is 7.47. The molecule has 1 N–H and O–H groups in total. The van der Waals surface area contributed by atoms with Gasteiger partial charge in [0.25, 0.3) is 0 Å². The highest BCUT2D eigenvalue weighted by Gasteiger charge is 2.31. The fourth-order valence-corrected chi connectivity index (χ4v) is 3.07. The van der Waals surface area contributed by atoms with E-state index in [0.29, 0.717) is 17.9 Å². The Balaban J connectivity index is 2.03. The molecule has 3 rings (SSSR count). The largest absolute Gasteiger partial charge is 0.493 e. The predicted octanol–water partition coefficient (Wildman–Crippen LogP) is 2.96. The number of terminal acetylenes is 1. The number of carbonyl (C=O) groups is 1. The number of benzene rings is 1. The number of aromatic nitrogens is 2. The fraction of sp³-hybridized carbons (Fsp3) is 0.368. The minimum Gasteiger partial charge on any atom is -0.493 e. The zero-order chi connectivity index (χ0) is 18.0. The topological polar surface area (TPSA) is 65.4 Å². The van der Waals surface area contributed by atoms with Crippen molar-refractivity contribution < 1.29 is 14.3 Å². The molecule has 1 aliphatic heterocycles. The van der Waals surface area contributed by atoms with Gasteiger partial charge in [-0.3, -0.25) is 4.79 Å². The van der Waals surface area contributed by atoms with Gasteiger partial charge in [0.15, 0.2) is 11.5 Å². The minimum atomic E-state index is -0.0876. The van der Waals surface area contributed by atoms with E-state index in [2.05, 4.69) is 16.3 Å². The Kier molecular flexibility index (Phi) is 4.66. The van der Waals surface area contributed by atoms with E-state index in [1.807, 2.05) is 42.9 Å². The molecular formula is C19H21N3O3. The van der Waals surface area contributed by atoms with E-state index in [4.69, 9.17) is 15.9 Å². The standard InChI is InChI=1S/C19H21N3O3/c1-5-8-25-17-9-13(6-7-16(17)24-4)14-10-18(23)21-19-15(14)11-20-22(19)12(2)3/h1,6-7,9,11-12,14H,8,10H2,2-4H3,(H,21,23)/t14-/m1/s1. The molecule has 0 bridgehead atoms. The molecule has 0 unspecified atom stereocenters. The van der Waals surface area contributed by atoms with Crippen molar-refractivity contribution in [1.29, 1.82) is 0 Å². The number of methoxy groups -OCH3 is 1. The normalized spacial score (nSPS) is 16.1. The summed E-state index contributed by atoms with van der Waals surface area (Å²) in [5.74, 6) is 4.28. The first-order valence-electron chi connectivity index (χ1n) is 8.16. The van der Waals surface area contributed by atoms with Gasteiger partial charge in [0.05, 0.1) is 13.3 Å². The first-order chi connectivity index (χ1) is 12.0. The number of fused-ring (bicyclic) bond motifs is 1. The molecule has 1 atom stereocenters. The second-order valence-electron chi connectivity index (χ2n) is 6.19. The number of ether oxygens (including phenoxy) is 2. The van der Waals surface area contributed by atoms with Crippen LogP contribution in [0.4, 0.5) is 5.82 Å². The molecule has 6 nitrogen and oxygen atoms in total. The number of carbonyl (C=O) groups excluding carboxylic acids is 1. The summed E-state index contributed by atoms with van der Waals surface area (Å²) in [5.41, 5.74) is 1.97. The lowest BCUT2D eigenvalue weighted by molar-refractivity contribution is -0.116. The number of nitrogens with zero attached hydrogens (tertiary/aromatic N) is 2. The van der Waals surface area contributed by atoms with Crippen LogP contribution in [0.15, 0.2) is 24.4 Å². The van der Waals surface area contributed by atoms with Gasteiger partial charge in [-0.2, -0.15) is 5.10 Å². The fourth-order valence-electron chi connectivity index (χ4n) is 3.07. The third-order valence-corrected chi connectivity index (χ3v) is 4.24. The van der Waals surface area contributed by atoms with E-state index in [1.165, 1.54) is 0 Å². The van der Waals surface area contributed by atoms with Crippen LogP contribution >= 0.6 is 0 Å². The third kappa shape index (κ3) is 3.18. The van der Waals surface area contributed by atoms with Crippen LogP contribution in [0.1, 0.15) is 43.4 Å². The number of amides is 1. The zero-order valence-corrected chi connectivity index (χ0v) is 14.6. The maximum Gasteiger partial charge on any atom is 0.226 e. The van der Waals surface area contributed by atoms with E-state index >= 15 is 0 Å². The molecule has 1 aromatic carbocycles. The van der Waals surface area contributed by atoms with Crippen LogP contribution in [-0.4, -0.2) is 29.4 Å². The van der Waals surface area contributed by atoms with Crippen LogP contribution in [0, 0.1) is 12.3 Å².